The van der Waals surface area contributed by atoms with E-state index in [1.165, 1.54) is 14.2 Å². The Morgan fingerprint density at radius 3 is 2.85 bits per heavy atom. The van der Waals surface area contributed by atoms with E-state index < -0.39 is 5.97 Å². The molecule has 1 heterocycles. The van der Waals surface area contributed by atoms with Gasteiger partial charge in [-0.3, -0.25) is 4.79 Å². The van der Waals surface area contributed by atoms with E-state index in [1.807, 2.05) is 0 Å². The number of hydrogen-bond acceptors (Lipinski definition) is 5. The molecule has 0 fully saturated rings. The van der Waals surface area contributed by atoms with Crippen LogP contribution in [0.3, 0.4) is 0 Å². The molecule has 0 amide bonds. The largest absolute Gasteiger partial charge is 0.545 e. The molecule has 69 valence electrons. The van der Waals surface area contributed by atoms with E-state index in [-0.39, 0.29) is 45.1 Å². The van der Waals surface area contributed by atoms with E-state index in [9.17, 15) is 4.79 Å². The smallest absolute Gasteiger partial charge is 0.298 e. The van der Waals surface area contributed by atoms with Gasteiger partial charge < -0.3 is 18.9 Å². The second-order valence-corrected chi connectivity index (χ2v) is 2.00. The summed E-state index contributed by atoms with van der Waals surface area (Å²) in [5, 5.41) is 0. The van der Waals surface area contributed by atoms with E-state index >= 15 is 0 Å². The molecule has 0 atom stereocenters. The second-order valence-electron chi connectivity index (χ2n) is 2.00. The Labute approximate surface area is 101 Å². The molecule has 0 aliphatic rings. The van der Waals surface area contributed by atoms with Crippen LogP contribution in [-0.4, -0.2) is 25.2 Å². The molecule has 0 aliphatic heterocycles. The van der Waals surface area contributed by atoms with Crippen LogP contribution in [-0.2, 0) is 48.7 Å². The molecule has 0 saturated carbocycles. The number of carbonyl (C=O) groups is 1. The fraction of sp³-hybridized carbons (Fsp3) is 0.429. The Hall–Kier alpha value is -0.416. The van der Waals surface area contributed by atoms with Crippen molar-refractivity contribution in [1.82, 2.24) is 4.98 Å². The van der Waals surface area contributed by atoms with E-state index in [0.29, 0.717) is 5.69 Å². The fourth-order valence-electron chi connectivity index (χ4n) is 0.704. The van der Waals surface area contributed by atoms with Gasteiger partial charge in [-0.1, -0.05) is 0 Å². The number of oxazole rings is 1. The number of rotatable bonds is 3. The first-order valence-electron chi connectivity index (χ1n) is 3.24. The van der Waals surface area contributed by atoms with Crippen molar-refractivity contribution in [2.45, 2.75) is 6.42 Å². The third-order valence-electron chi connectivity index (χ3n) is 1.28. The van der Waals surface area contributed by atoms with Crippen LogP contribution in [0.25, 0.3) is 0 Å². The number of aromatic nitrogens is 1. The quantitative estimate of drug-likeness (QED) is 0.573. The minimum Gasteiger partial charge on any atom is -0.545 e. The predicted octanol–water partition coefficient (Wildman–Crippen LogP) is 0.196. The van der Waals surface area contributed by atoms with Crippen molar-refractivity contribution in [2.75, 3.05) is 14.2 Å². The van der Waals surface area contributed by atoms with Crippen LogP contribution in [0, 0.1) is 6.39 Å². The maximum Gasteiger partial charge on any atom is 0.298 e. The van der Waals surface area contributed by atoms with E-state index in [1.54, 1.807) is 0 Å². The molecular weight excluding hydrogens is 251 g/mol. The maximum atomic E-state index is 10.8. The van der Waals surface area contributed by atoms with Gasteiger partial charge in [-0.15, -0.1) is 0 Å². The van der Waals surface area contributed by atoms with Crippen LogP contribution >= 0.6 is 0 Å². The molecule has 13 heavy (non-hydrogen) atoms. The number of methoxy groups -OCH3 is 2. The number of nitrogens with zero attached hydrogens (tertiary/aromatic N) is 1. The van der Waals surface area contributed by atoms with E-state index in [4.69, 9.17) is 9.15 Å². The molecule has 0 bridgehead atoms. The van der Waals surface area contributed by atoms with Crippen molar-refractivity contribution in [1.29, 1.82) is 0 Å². The number of carbonyl (C=O) groups excluding carboxylic acids is 1. The van der Waals surface area contributed by atoms with Crippen molar-refractivity contribution in [2.24, 2.45) is 0 Å². The maximum absolute atomic E-state index is 10.8. The molecule has 6 heteroatoms. The van der Waals surface area contributed by atoms with Crippen molar-refractivity contribution in [3.63, 3.8) is 0 Å². The van der Waals surface area contributed by atoms with Crippen molar-refractivity contribution < 1.29 is 51.4 Å². The molecule has 0 spiro atoms. The molecule has 5 nitrogen and oxygen atoms in total. The third kappa shape index (κ3) is 3.44. The Balaban J connectivity index is 0.00000144. The van der Waals surface area contributed by atoms with Gasteiger partial charge in [0.2, 0.25) is 0 Å². The number of esters is 1. The van der Waals surface area contributed by atoms with Gasteiger partial charge in [-0.05, 0) is 5.69 Å². The summed E-state index contributed by atoms with van der Waals surface area (Å²) in [4.78, 5) is 14.4. The van der Waals surface area contributed by atoms with Gasteiger partial charge >= 0.3 is 0 Å². The van der Waals surface area contributed by atoms with Crippen molar-refractivity contribution in [3.05, 3.63) is 12.1 Å². The van der Waals surface area contributed by atoms with Gasteiger partial charge in [0.15, 0.2) is 0 Å². The van der Waals surface area contributed by atoms with Gasteiger partial charge in [0.1, 0.15) is 12.3 Å². The molecule has 0 aromatic carbocycles. The van der Waals surface area contributed by atoms with Crippen LogP contribution < -0.4 is 4.74 Å². The van der Waals surface area contributed by atoms with Gasteiger partial charge in [0.25, 0.3) is 5.97 Å². The molecule has 1 radical (unpaired) electrons. The molecule has 0 unspecified atom stereocenters. The molecule has 1 rings (SSSR count). The summed E-state index contributed by atoms with van der Waals surface area (Å²) in [5.74, 6) is -0.198. The molecular formula is C7H8NO4Y-. The van der Waals surface area contributed by atoms with Crippen LogP contribution in [0.15, 0.2) is 4.42 Å². The summed E-state index contributed by atoms with van der Waals surface area (Å²) in [7, 11) is 2.73. The number of ether oxygens (including phenoxy) is 2. The van der Waals surface area contributed by atoms with E-state index in [0.717, 1.165) is 0 Å². The average molecular weight is 259 g/mol. The van der Waals surface area contributed by atoms with E-state index in [2.05, 4.69) is 16.1 Å². The third-order valence-corrected chi connectivity index (χ3v) is 1.28. The van der Waals surface area contributed by atoms with Gasteiger partial charge in [-0.2, -0.15) is 0 Å². The molecule has 1 aromatic heterocycles. The first-order valence-corrected chi connectivity index (χ1v) is 3.24. The zero-order valence-electron chi connectivity index (χ0n) is 7.36. The Morgan fingerprint density at radius 1 is 1.62 bits per heavy atom. The average Bonchev–Trinajstić information content (AvgIpc) is 2.51. The SMILES string of the molecule is COC(=O)Cc1n[c-]oc1OC.[Y]. The summed E-state index contributed by atoms with van der Waals surface area (Å²) < 4.78 is 13.9. The topological polar surface area (TPSA) is 61.6 Å². The zero-order valence-corrected chi connectivity index (χ0v) is 10.2. The Morgan fingerprint density at radius 2 is 2.31 bits per heavy atom. The van der Waals surface area contributed by atoms with Gasteiger partial charge in [0.05, 0.1) is 14.2 Å². The second kappa shape index (κ2) is 6.10. The van der Waals surface area contributed by atoms with Crippen LogP contribution in [0.2, 0.25) is 0 Å². The first kappa shape index (κ1) is 12.6. The van der Waals surface area contributed by atoms with Crippen molar-refractivity contribution >= 4 is 5.97 Å². The normalized spacial score (nSPS) is 8.77. The Kier molecular flexibility index (Phi) is 5.91. The first-order chi connectivity index (χ1) is 5.77. The summed E-state index contributed by atoms with van der Waals surface area (Å²) >= 11 is 0. The zero-order chi connectivity index (χ0) is 8.97. The van der Waals surface area contributed by atoms with Gasteiger partial charge in [-0.25, -0.2) is 0 Å². The summed E-state index contributed by atoms with van der Waals surface area (Å²) in [6.45, 7) is 0. The summed E-state index contributed by atoms with van der Waals surface area (Å²) in [5.41, 5.74) is 0.393. The predicted molar refractivity (Wildman–Crippen MR) is 37.6 cm³/mol. The summed E-state index contributed by atoms with van der Waals surface area (Å²) in [6.07, 6.45) is 2.26. The summed E-state index contributed by atoms with van der Waals surface area (Å²) in [6, 6.07) is 0. The van der Waals surface area contributed by atoms with Crippen LogP contribution in [0.5, 0.6) is 5.95 Å². The van der Waals surface area contributed by atoms with Crippen molar-refractivity contribution in [3.8, 4) is 5.95 Å². The number of hydrogen-bond donors (Lipinski definition) is 0. The minimum absolute atomic E-state index is 0. The molecule has 0 N–H and O–H groups in total. The minimum atomic E-state index is -0.393. The standard InChI is InChI=1S/C7H8NO4.Y/c1-10-6(9)3-5-7(11-2)12-4-8-5;/h3H2,1-2H3;/q-1;. The Bertz CT molecular complexity index is 273. The van der Waals surface area contributed by atoms with Gasteiger partial charge in [0, 0.05) is 39.1 Å². The fourth-order valence-corrected chi connectivity index (χ4v) is 0.704. The van der Waals surface area contributed by atoms with Crippen LogP contribution in [0.1, 0.15) is 5.69 Å². The molecule has 1 aromatic rings. The molecule has 0 aliphatic carbocycles. The molecule has 0 saturated heterocycles. The van der Waals surface area contributed by atoms with Crippen LogP contribution in [0.4, 0.5) is 0 Å². The monoisotopic (exact) mass is 259 g/mol.